The summed E-state index contributed by atoms with van der Waals surface area (Å²) in [5.41, 5.74) is 3.99. The molecule has 6 heteroatoms. The maximum atomic E-state index is 12.1. The number of pyridine rings is 1. The Bertz CT molecular complexity index is 789. The van der Waals surface area contributed by atoms with Crippen LogP contribution >= 0.6 is 0 Å². The molecule has 0 radical (unpaired) electrons. The number of aromatic nitrogens is 3. The summed E-state index contributed by atoms with van der Waals surface area (Å²) in [6.07, 6.45) is 6.28. The minimum absolute atomic E-state index is 0.0741. The lowest BCUT2D eigenvalue weighted by atomic mass is 10.1. The fourth-order valence-corrected chi connectivity index (χ4v) is 3.16. The van der Waals surface area contributed by atoms with Crippen LogP contribution in [-0.4, -0.2) is 33.3 Å². The van der Waals surface area contributed by atoms with Crippen molar-refractivity contribution < 1.29 is 4.79 Å². The summed E-state index contributed by atoms with van der Waals surface area (Å²) >= 11 is 0. The van der Waals surface area contributed by atoms with Crippen molar-refractivity contribution in [1.82, 2.24) is 20.1 Å². The average Bonchev–Trinajstić information content (AvgIpc) is 3.50. The lowest BCUT2D eigenvalue weighted by Gasteiger charge is -2.18. The van der Waals surface area contributed by atoms with E-state index < -0.39 is 0 Å². The maximum absolute atomic E-state index is 12.1. The molecule has 0 bridgehead atoms. The summed E-state index contributed by atoms with van der Waals surface area (Å²) in [6.45, 7) is 5.97. The predicted octanol–water partition coefficient (Wildman–Crippen LogP) is 2.68. The van der Waals surface area contributed by atoms with Gasteiger partial charge in [0.05, 0.1) is 5.69 Å². The van der Waals surface area contributed by atoms with Gasteiger partial charge in [0, 0.05) is 42.1 Å². The molecular weight excluding hydrogens is 314 g/mol. The molecule has 0 aromatic carbocycles. The topological polar surface area (TPSA) is 71.8 Å². The number of nitrogens with zero attached hydrogens (tertiary/aromatic N) is 3. The molecule has 132 valence electrons. The summed E-state index contributed by atoms with van der Waals surface area (Å²) in [5.74, 6) is -0.0741. The van der Waals surface area contributed by atoms with E-state index in [1.807, 2.05) is 19.1 Å². The molecule has 4 rings (SSSR count). The highest BCUT2D eigenvalue weighted by molar-refractivity contribution is 5.93. The highest BCUT2D eigenvalue weighted by Crippen LogP contribution is 2.47. The Morgan fingerprint density at radius 3 is 2.76 bits per heavy atom. The minimum Gasteiger partial charge on any atom is -0.384 e. The SMILES string of the molecule is Cc1cc(C)n(CC2(CNc3ccnc(C(=O)NC4CC4)c3)CC2)n1. The molecule has 2 aliphatic rings. The number of aryl methyl sites for hydroxylation is 2. The zero-order valence-corrected chi connectivity index (χ0v) is 14.9. The normalized spacial score (nSPS) is 18.0. The number of carbonyl (C=O) groups excluding carboxylic acids is 1. The van der Waals surface area contributed by atoms with Crippen LogP contribution in [0.1, 0.15) is 47.6 Å². The van der Waals surface area contributed by atoms with Crippen molar-refractivity contribution in [3.8, 4) is 0 Å². The first-order valence-electron chi connectivity index (χ1n) is 9.05. The number of anilines is 1. The monoisotopic (exact) mass is 339 g/mol. The molecule has 6 nitrogen and oxygen atoms in total. The van der Waals surface area contributed by atoms with Crippen molar-refractivity contribution in [3.05, 3.63) is 41.5 Å². The zero-order valence-electron chi connectivity index (χ0n) is 14.9. The zero-order chi connectivity index (χ0) is 17.4. The quantitative estimate of drug-likeness (QED) is 0.813. The van der Waals surface area contributed by atoms with Gasteiger partial charge in [-0.3, -0.25) is 14.5 Å². The summed E-state index contributed by atoms with van der Waals surface area (Å²) < 4.78 is 2.12. The van der Waals surface area contributed by atoms with Gasteiger partial charge in [-0.15, -0.1) is 0 Å². The largest absolute Gasteiger partial charge is 0.384 e. The van der Waals surface area contributed by atoms with Crippen LogP contribution in [0.15, 0.2) is 24.4 Å². The Morgan fingerprint density at radius 1 is 1.32 bits per heavy atom. The van der Waals surface area contributed by atoms with Crippen LogP contribution in [0.25, 0.3) is 0 Å². The molecule has 0 aliphatic heterocycles. The smallest absolute Gasteiger partial charge is 0.270 e. The Kier molecular flexibility index (Phi) is 3.98. The molecule has 2 heterocycles. The molecule has 0 unspecified atom stereocenters. The standard InChI is InChI=1S/C19H25N5O/c1-13-9-14(2)24(23-13)12-19(6-7-19)11-21-16-5-8-20-17(10-16)18(25)22-15-3-4-15/h5,8-10,15H,3-4,6-7,11-12H2,1-2H3,(H,20,21)(H,22,25). The van der Waals surface area contributed by atoms with E-state index in [2.05, 4.69) is 38.4 Å². The van der Waals surface area contributed by atoms with E-state index in [4.69, 9.17) is 0 Å². The van der Waals surface area contributed by atoms with Gasteiger partial charge >= 0.3 is 0 Å². The van der Waals surface area contributed by atoms with Crippen molar-refractivity contribution in [2.75, 3.05) is 11.9 Å². The highest BCUT2D eigenvalue weighted by atomic mass is 16.2. The number of hydrogen-bond acceptors (Lipinski definition) is 4. The lowest BCUT2D eigenvalue weighted by Crippen LogP contribution is -2.26. The fraction of sp³-hybridized carbons (Fsp3) is 0.526. The third-order valence-corrected chi connectivity index (χ3v) is 5.12. The number of amides is 1. The van der Waals surface area contributed by atoms with E-state index in [1.165, 1.54) is 18.5 Å². The second-order valence-electron chi connectivity index (χ2n) is 7.62. The maximum Gasteiger partial charge on any atom is 0.270 e. The number of carbonyl (C=O) groups is 1. The summed E-state index contributed by atoms with van der Waals surface area (Å²) in [7, 11) is 0. The van der Waals surface area contributed by atoms with Crippen molar-refractivity contribution in [1.29, 1.82) is 0 Å². The van der Waals surface area contributed by atoms with E-state index in [1.54, 1.807) is 6.20 Å². The van der Waals surface area contributed by atoms with Gasteiger partial charge in [0.1, 0.15) is 5.69 Å². The minimum atomic E-state index is -0.0741. The lowest BCUT2D eigenvalue weighted by molar-refractivity contribution is 0.0946. The molecule has 2 aromatic rings. The molecule has 0 atom stereocenters. The summed E-state index contributed by atoms with van der Waals surface area (Å²) in [6, 6.07) is 6.24. The number of hydrogen-bond donors (Lipinski definition) is 2. The van der Waals surface area contributed by atoms with Gasteiger partial charge in [-0.1, -0.05) is 0 Å². The molecular formula is C19H25N5O. The van der Waals surface area contributed by atoms with Crippen LogP contribution < -0.4 is 10.6 Å². The first-order chi connectivity index (χ1) is 12.0. The third kappa shape index (κ3) is 3.83. The van der Waals surface area contributed by atoms with E-state index >= 15 is 0 Å². The number of rotatable bonds is 7. The van der Waals surface area contributed by atoms with Crippen LogP contribution in [0, 0.1) is 19.3 Å². The van der Waals surface area contributed by atoms with Crippen LogP contribution in [-0.2, 0) is 6.54 Å². The Balaban J connectivity index is 1.37. The second kappa shape index (κ2) is 6.17. The second-order valence-corrected chi connectivity index (χ2v) is 7.62. The van der Waals surface area contributed by atoms with E-state index in [0.717, 1.165) is 37.3 Å². The van der Waals surface area contributed by atoms with Gasteiger partial charge < -0.3 is 10.6 Å². The van der Waals surface area contributed by atoms with Crippen LogP contribution in [0.3, 0.4) is 0 Å². The van der Waals surface area contributed by atoms with Crippen molar-refractivity contribution in [2.45, 2.75) is 52.1 Å². The van der Waals surface area contributed by atoms with E-state index in [0.29, 0.717) is 11.7 Å². The predicted molar refractivity (Wildman–Crippen MR) is 96.6 cm³/mol. The Hall–Kier alpha value is -2.37. The Labute approximate surface area is 148 Å². The van der Waals surface area contributed by atoms with Gasteiger partial charge in [-0.05, 0) is 57.7 Å². The van der Waals surface area contributed by atoms with Gasteiger partial charge in [-0.2, -0.15) is 5.10 Å². The molecule has 2 aromatic heterocycles. The molecule has 2 aliphatic carbocycles. The first-order valence-corrected chi connectivity index (χ1v) is 9.05. The number of nitrogens with one attached hydrogen (secondary N) is 2. The van der Waals surface area contributed by atoms with Crippen LogP contribution in [0.4, 0.5) is 5.69 Å². The average molecular weight is 339 g/mol. The molecule has 0 saturated heterocycles. The van der Waals surface area contributed by atoms with E-state index in [-0.39, 0.29) is 11.3 Å². The van der Waals surface area contributed by atoms with Gasteiger partial charge in [0.15, 0.2) is 0 Å². The van der Waals surface area contributed by atoms with Crippen molar-refractivity contribution in [3.63, 3.8) is 0 Å². The molecule has 1 amide bonds. The summed E-state index contributed by atoms with van der Waals surface area (Å²) in [5, 5.41) is 11.1. The van der Waals surface area contributed by atoms with Crippen LogP contribution in [0.2, 0.25) is 0 Å². The van der Waals surface area contributed by atoms with Gasteiger partial charge in [-0.25, -0.2) is 0 Å². The van der Waals surface area contributed by atoms with Crippen molar-refractivity contribution >= 4 is 11.6 Å². The van der Waals surface area contributed by atoms with Crippen molar-refractivity contribution in [2.24, 2.45) is 5.41 Å². The fourth-order valence-electron chi connectivity index (χ4n) is 3.16. The molecule has 2 saturated carbocycles. The molecule has 2 N–H and O–H groups in total. The van der Waals surface area contributed by atoms with Gasteiger partial charge in [0.25, 0.3) is 5.91 Å². The van der Waals surface area contributed by atoms with Gasteiger partial charge in [0.2, 0.25) is 0 Å². The molecule has 0 spiro atoms. The first kappa shape index (κ1) is 16.1. The third-order valence-electron chi connectivity index (χ3n) is 5.12. The molecule has 25 heavy (non-hydrogen) atoms. The van der Waals surface area contributed by atoms with Crippen LogP contribution in [0.5, 0.6) is 0 Å². The highest BCUT2D eigenvalue weighted by Gasteiger charge is 2.43. The Morgan fingerprint density at radius 2 is 2.12 bits per heavy atom. The summed E-state index contributed by atoms with van der Waals surface area (Å²) in [4.78, 5) is 16.3. The molecule has 2 fully saturated rings. The van der Waals surface area contributed by atoms with E-state index in [9.17, 15) is 4.79 Å².